The van der Waals surface area contributed by atoms with Crippen LogP contribution in [0, 0.1) is 0 Å². The summed E-state index contributed by atoms with van der Waals surface area (Å²) in [5.41, 5.74) is 5.90. The Bertz CT molecular complexity index is 601. The maximum atomic E-state index is 5.90. The minimum Gasteiger partial charge on any atom is -0.419 e. The van der Waals surface area contributed by atoms with E-state index in [1.807, 2.05) is 19.1 Å². The van der Waals surface area contributed by atoms with Crippen molar-refractivity contribution in [2.24, 2.45) is 5.73 Å². The summed E-state index contributed by atoms with van der Waals surface area (Å²) in [6.45, 7) is 4.93. The Morgan fingerprint density at radius 2 is 2.38 bits per heavy atom. The molecule has 2 aromatic rings. The molecule has 0 radical (unpaired) electrons. The van der Waals surface area contributed by atoms with Gasteiger partial charge in [-0.05, 0) is 35.0 Å². The van der Waals surface area contributed by atoms with E-state index in [-0.39, 0.29) is 12.1 Å². The number of halogens is 1. The molecule has 8 heteroatoms. The molecule has 2 aromatic heterocycles. The molecule has 21 heavy (non-hydrogen) atoms. The molecule has 0 bridgehead atoms. The quantitative estimate of drug-likeness (QED) is 0.885. The van der Waals surface area contributed by atoms with Gasteiger partial charge in [-0.1, -0.05) is 0 Å². The Hall–Kier alpha value is -0.800. The number of rotatable bonds is 4. The average molecular weight is 373 g/mol. The first-order valence-corrected chi connectivity index (χ1v) is 8.40. The molecule has 0 amide bonds. The van der Waals surface area contributed by atoms with Crippen LogP contribution in [0.2, 0.25) is 0 Å². The molecule has 1 aliphatic heterocycles. The molecule has 114 valence electrons. The molecule has 2 atom stereocenters. The van der Waals surface area contributed by atoms with Crippen LogP contribution in [-0.4, -0.2) is 46.9 Å². The maximum Gasteiger partial charge on any atom is 0.257 e. The van der Waals surface area contributed by atoms with E-state index in [0.29, 0.717) is 24.9 Å². The van der Waals surface area contributed by atoms with Crippen LogP contribution in [0.25, 0.3) is 10.8 Å². The topological polar surface area (TPSA) is 77.4 Å². The lowest BCUT2D eigenvalue weighted by Gasteiger charge is -2.33. The molecule has 0 aromatic carbocycles. The molecule has 0 aliphatic carbocycles. The van der Waals surface area contributed by atoms with Crippen LogP contribution in [0.15, 0.2) is 20.3 Å². The van der Waals surface area contributed by atoms with E-state index in [1.54, 1.807) is 11.3 Å². The van der Waals surface area contributed by atoms with Gasteiger partial charge in [0, 0.05) is 19.1 Å². The molecule has 1 fully saturated rings. The standard InChI is InChI=1S/C13H17BrN4O2S/c1-8(15)9-6-18(4-5-19-9)7-12-16-17-13(20-12)10-2-3-11(14)21-10/h2-3,8-9H,4-7,15H2,1H3. The van der Waals surface area contributed by atoms with Gasteiger partial charge in [-0.2, -0.15) is 0 Å². The van der Waals surface area contributed by atoms with Crippen molar-refractivity contribution in [1.82, 2.24) is 15.1 Å². The molecule has 1 saturated heterocycles. The number of aromatic nitrogens is 2. The molecular formula is C13H17BrN4O2S. The summed E-state index contributed by atoms with van der Waals surface area (Å²) in [5, 5.41) is 8.24. The van der Waals surface area contributed by atoms with Gasteiger partial charge in [-0.15, -0.1) is 21.5 Å². The van der Waals surface area contributed by atoms with E-state index in [1.165, 1.54) is 0 Å². The molecule has 6 nitrogen and oxygen atoms in total. The molecular weight excluding hydrogens is 356 g/mol. The number of nitrogens with two attached hydrogens (primary N) is 1. The van der Waals surface area contributed by atoms with Gasteiger partial charge in [0.25, 0.3) is 5.89 Å². The summed E-state index contributed by atoms with van der Waals surface area (Å²) in [6, 6.07) is 3.96. The molecule has 2 N–H and O–H groups in total. The number of nitrogens with zero attached hydrogens (tertiary/aromatic N) is 3. The van der Waals surface area contributed by atoms with E-state index in [9.17, 15) is 0 Å². The van der Waals surface area contributed by atoms with Crippen LogP contribution in [0.5, 0.6) is 0 Å². The third-order valence-corrected chi connectivity index (χ3v) is 4.99. The Balaban J connectivity index is 1.64. The lowest BCUT2D eigenvalue weighted by molar-refractivity contribution is -0.0423. The van der Waals surface area contributed by atoms with Gasteiger partial charge in [0.2, 0.25) is 5.89 Å². The van der Waals surface area contributed by atoms with E-state index >= 15 is 0 Å². The molecule has 1 aliphatic rings. The van der Waals surface area contributed by atoms with E-state index < -0.39 is 0 Å². The first-order chi connectivity index (χ1) is 10.1. The van der Waals surface area contributed by atoms with Gasteiger partial charge in [-0.25, -0.2) is 0 Å². The van der Waals surface area contributed by atoms with Gasteiger partial charge in [0.15, 0.2) is 0 Å². The normalized spacial score (nSPS) is 21.6. The molecule has 0 saturated carbocycles. The van der Waals surface area contributed by atoms with Gasteiger partial charge in [-0.3, -0.25) is 4.90 Å². The van der Waals surface area contributed by atoms with Crippen LogP contribution in [-0.2, 0) is 11.3 Å². The van der Waals surface area contributed by atoms with Gasteiger partial charge >= 0.3 is 0 Å². The van der Waals surface area contributed by atoms with Crippen LogP contribution in [0.1, 0.15) is 12.8 Å². The predicted molar refractivity (Wildman–Crippen MR) is 84.0 cm³/mol. The van der Waals surface area contributed by atoms with Crippen molar-refractivity contribution >= 4 is 27.3 Å². The summed E-state index contributed by atoms with van der Waals surface area (Å²) in [4.78, 5) is 3.20. The third kappa shape index (κ3) is 3.70. The number of morpholine rings is 1. The summed E-state index contributed by atoms with van der Waals surface area (Å²) in [5.74, 6) is 1.19. The third-order valence-electron chi connectivity index (χ3n) is 3.37. The summed E-state index contributed by atoms with van der Waals surface area (Å²) in [6.07, 6.45) is 0.0643. The van der Waals surface area contributed by atoms with Crippen molar-refractivity contribution in [2.75, 3.05) is 19.7 Å². The Labute approximate surface area is 135 Å². The van der Waals surface area contributed by atoms with Crippen molar-refractivity contribution in [3.8, 4) is 10.8 Å². The SMILES string of the molecule is CC(N)C1CN(Cc2nnc(-c3ccc(Br)s3)o2)CCO1. The second-order valence-corrected chi connectivity index (χ2v) is 7.57. The second kappa shape index (κ2) is 6.53. The highest BCUT2D eigenvalue weighted by Gasteiger charge is 2.24. The zero-order chi connectivity index (χ0) is 14.8. The first kappa shape index (κ1) is 15.1. The first-order valence-electron chi connectivity index (χ1n) is 6.79. The molecule has 2 unspecified atom stereocenters. The zero-order valence-electron chi connectivity index (χ0n) is 11.7. The fraction of sp³-hybridized carbons (Fsp3) is 0.538. The summed E-state index contributed by atoms with van der Waals surface area (Å²) in [7, 11) is 0. The largest absolute Gasteiger partial charge is 0.419 e. The van der Waals surface area contributed by atoms with Crippen molar-refractivity contribution in [3.63, 3.8) is 0 Å². The zero-order valence-corrected chi connectivity index (χ0v) is 14.1. The number of ether oxygens (including phenoxy) is 1. The van der Waals surface area contributed by atoms with Gasteiger partial charge in [0.1, 0.15) is 0 Å². The Morgan fingerprint density at radius 3 is 3.10 bits per heavy atom. The van der Waals surface area contributed by atoms with Crippen LogP contribution >= 0.6 is 27.3 Å². The van der Waals surface area contributed by atoms with E-state index in [2.05, 4.69) is 31.0 Å². The smallest absolute Gasteiger partial charge is 0.257 e. The van der Waals surface area contributed by atoms with Gasteiger partial charge in [0.05, 0.1) is 27.9 Å². The number of hydrogen-bond acceptors (Lipinski definition) is 7. The highest BCUT2D eigenvalue weighted by Crippen LogP contribution is 2.30. The highest BCUT2D eigenvalue weighted by molar-refractivity contribution is 9.11. The lowest BCUT2D eigenvalue weighted by Crippen LogP contribution is -2.49. The lowest BCUT2D eigenvalue weighted by atomic mass is 10.1. The fourth-order valence-corrected chi connectivity index (χ4v) is 3.54. The molecule has 3 rings (SSSR count). The maximum absolute atomic E-state index is 5.90. The Morgan fingerprint density at radius 1 is 1.52 bits per heavy atom. The van der Waals surface area contributed by atoms with Crippen molar-refractivity contribution in [1.29, 1.82) is 0 Å². The average Bonchev–Trinajstić information content (AvgIpc) is 3.08. The van der Waals surface area contributed by atoms with Crippen molar-refractivity contribution < 1.29 is 9.15 Å². The van der Waals surface area contributed by atoms with Crippen molar-refractivity contribution in [3.05, 3.63) is 21.8 Å². The van der Waals surface area contributed by atoms with Gasteiger partial charge < -0.3 is 14.9 Å². The minimum absolute atomic E-state index is 0.0227. The van der Waals surface area contributed by atoms with Crippen LogP contribution < -0.4 is 5.73 Å². The van der Waals surface area contributed by atoms with Crippen LogP contribution in [0.4, 0.5) is 0 Å². The summed E-state index contributed by atoms with van der Waals surface area (Å²) < 4.78 is 12.4. The van der Waals surface area contributed by atoms with Crippen LogP contribution in [0.3, 0.4) is 0 Å². The second-order valence-electron chi connectivity index (χ2n) is 5.11. The van der Waals surface area contributed by atoms with E-state index in [0.717, 1.165) is 21.8 Å². The fourth-order valence-electron chi connectivity index (χ4n) is 2.23. The number of thiophene rings is 1. The summed E-state index contributed by atoms with van der Waals surface area (Å²) >= 11 is 5.01. The number of hydrogen-bond donors (Lipinski definition) is 1. The molecule has 3 heterocycles. The molecule has 0 spiro atoms. The predicted octanol–water partition coefficient (Wildman–Crippen LogP) is 2.11. The monoisotopic (exact) mass is 372 g/mol. The minimum atomic E-state index is 0.0227. The van der Waals surface area contributed by atoms with Crippen molar-refractivity contribution in [2.45, 2.75) is 25.6 Å². The van der Waals surface area contributed by atoms with E-state index in [4.69, 9.17) is 14.9 Å². The highest BCUT2D eigenvalue weighted by atomic mass is 79.9. The Kier molecular flexibility index (Phi) is 4.70.